The molecule has 2 heterocycles. The summed E-state index contributed by atoms with van der Waals surface area (Å²) >= 11 is 1.39. The zero-order valence-electron chi connectivity index (χ0n) is 16.3. The molecule has 0 aliphatic carbocycles. The lowest BCUT2D eigenvalue weighted by Crippen LogP contribution is -2.33. The number of ketones is 1. The molecule has 160 valence electrons. The number of rotatable bonds is 6. The largest absolute Gasteiger partial charge is 0.456 e. The molecule has 0 atom stereocenters. The van der Waals surface area contributed by atoms with Crippen LogP contribution in [0.4, 0.5) is 13.2 Å². The Labute approximate surface area is 175 Å². The van der Waals surface area contributed by atoms with Crippen LogP contribution in [0.3, 0.4) is 0 Å². The van der Waals surface area contributed by atoms with Gasteiger partial charge >= 0.3 is 12.1 Å². The topological polar surface area (TPSA) is 68.6 Å². The van der Waals surface area contributed by atoms with Gasteiger partial charge in [-0.3, -0.25) is 14.4 Å². The highest BCUT2D eigenvalue weighted by Gasteiger charge is 2.31. The lowest BCUT2D eigenvalue weighted by molar-refractivity contribution is -0.146. The Hall–Kier alpha value is -2.75. The minimum Gasteiger partial charge on any atom is -0.456 e. The second kappa shape index (κ2) is 8.55. The summed E-state index contributed by atoms with van der Waals surface area (Å²) in [4.78, 5) is 37.3. The molecule has 0 radical (unpaired) electrons. The Bertz CT molecular complexity index is 1000. The third-order valence-corrected chi connectivity index (χ3v) is 5.62. The van der Waals surface area contributed by atoms with Crippen LogP contribution in [-0.4, -0.2) is 51.9 Å². The van der Waals surface area contributed by atoms with Crippen LogP contribution in [0, 0.1) is 13.8 Å². The van der Waals surface area contributed by atoms with Crippen molar-refractivity contribution in [2.45, 2.75) is 20.0 Å². The first kappa shape index (κ1) is 21.9. The molecular weight excluding hydrogens is 421 g/mol. The van der Waals surface area contributed by atoms with E-state index in [2.05, 4.69) is 0 Å². The normalized spacial score (nSPS) is 14.3. The van der Waals surface area contributed by atoms with Crippen LogP contribution in [0.25, 0.3) is 5.69 Å². The van der Waals surface area contributed by atoms with Crippen molar-refractivity contribution in [1.82, 2.24) is 9.47 Å². The van der Waals surface area contributed by atoms with E-state index in [1.165, 1.54) is 28.8 Å². The van der Waals surface area contributed by atoms with Crippen molar-refractivity contribution in [1.29, 1.82) is 0 Å². The van der Waals surface area contributed by atoms with Crippen molar-refractivity contribution in [3.8, 4) is 5.69 Å². The Morgan fingerprint density at radius 3 is 2.57 bits per heavy atom. The van der Waals surface area contributed by atoms with Crippen molar-refractivity contribution >= 4 is 29.4 Å². The summed E-state index contributed by atoms with van der Waals surface area (Å²) in [6, 6.07) is 6.37. The van der Waals surface area contributed by atoms with E-state index in [1.54, 1.807) is 24.5 Å². The van der Waals surface area contributed by atoms with Gasteiger partial charge in [-0.15, -0.1) is 11.8 Å². The fraction of sp³-hybridized carbons (Fsp3) is 0.350. The number of alkyl halides is 3. The van der Waals surface area contributed by atoms with Gasteiger partial charge < -0.3 is 14.2 Å². The van der Waals surface area contributed by atoms with E-state index in [1.807, 2.05) is 0 Å². The summed E-state index contributed by atoms with van der Waals surface area (Å²) in [6.07, 6.45) is -4.48. The summed E-state index contributed by atoms with van der Waals surface area (Å²) in [5.41, 5.74) is 0.760. The molecule has 6 nitrogen and oxygen atoms in total. The van der Waals surface area contributed by atoms with Gasteiger partial charge in [0, 0.05) is 22.6 Å². The predicted molar refractivity (Wildman–Crippen MR) is 105 cm³/mol. The summed E-state index contributed by atoms with van der Waals surface area (Å²) < 4.78 is 45.6. The maximum absolute atomic E-state index is 13.0. The molecular formula is C20H19F3N2O4S. The first-order valence-electron chi connectivity index (χ1n) is 8.99. The second-order valence-corrected chi connectivity index (χ2v) is 7.78. The van der Waals surface area contributed by atoms with Crippen LogP contribution < -0.4 is 0 Å². The van der Waals surface area contributed by atoms with Crippen LogP contribution in [0.1, 0.15) is 27.3 Å². The Kier molecular flexibility index (Phi) is 6.25. The average molecular weight is 440 g/mol. The average Bonchev–Trinajstić information content (AvgIpc) is 3.21. The van der Waals surface area contributed by atoms with Crippen LogP contribution in [0.15, 0.2) is 30.3 Å². The van der Waals surface area contributed by atoms with Gasteiger partial charge in [-0.1, -0.05) is 6.07 Å². The molecule has 0 N–H and O–H groups in total. The molecule has 1 amide bonds. The van der Waals surface area contributed by atoms with Crippen LogP contribution in [0.2, 0.25) is 0 Å². The van der Waals surface area contributed by atoms with Gasteiger partial charge in [0.15, 0.2) is 6.61 Å². The van der Waals surface area contributed by atoms with E-state index >= 15 is 0 Å². The third kappa shape index (κ3) is 4.69. The molecule has 1 aromatic carbocycles. The maximum Gasteiger partial charge on any atom is 0.416 e. The highest BCUT2D eigenvalue weighted by molar-refractivity contribution is 8.00. The van der Waals surface area contributed by atoms with E-state index in [4.69, 9.17) is 4.74 Å². The Morgan fingerprint density at radius 2 is 1.93 bits per heavy atom. The second-order valence-electron chi connectivity index (χ2n) is 6.82. The number of thioether (sulfide) groups is 1. The number of nitrogens with zero attached hydrogens (tertiary/aromatic N) is 2. The van der Waals surface area contributed by atoms with E-state index in [9.17, 15) is 27.6 Å². The van der Waals surface area contributed by atoms with E-state index in [-0.39, 0.29) is 23.7 Å². The zero-order chi connectivity index (χ0) is 22.1. The van der Waals surface area contributed by atoms with Crippen LogP contribution in [-0.2, 0) is 20.5 Å². The van der Waals surface area contributed by atoms with E-state index in [0.717, 1.165) is 12.1 Å². The van der Waals surface area contributed by atoms with Crippen molar-refractivity contribution in [3.63, 3.8) is 0 Å². The quantitative estimate of drug-likeness (QED) is 0.509. The zero-order valence-corrected chi connectivity index (χ0v) is 17.1. The smallest absolute Gasteiger partial charge is 0.416 e. The molecule has 1 aliphatic rings. The first-order chi connectivity index (χ1) is 14.1. The lowest BCUT2D eigenvalue weighted by Gasteiger charge is -2.14. The number of Topliss-reactive ketones (excluding diaryl/α,β-unsaturated/α-hetero) is 1. The Balaban J connectivity index is 1.73. The summed E-state index contributed by atoms with van der Waals surface area (Å²) in [6.45, 7) is 2.55. The SMILES string of the molecule is Cc1cc(C(=O)COC(=O)CN2CSCC2=O)c(C)n1-c1cccc(C(F)(F)F)c1. The third-order valence-electron chi connectivity index (χ3n) is 4.67. The maximum atomic E-state index is 13.0. The van der Waals surface area contributed by atoms with E-state index in [0.29, 0.717) is 23.0 Å². The predicted octanol–water partition coefficient (Wildman–Crippen LogP) is 3.37. The van der Waals surface area contributed by atoms with Crippen molar-refractivity contribution in [3.05, 3.63) is 52.8 Å². The van der Waals surface area contributed by atoms with Gasteiger partial charge in [-0.05, 0) is 38.1 Å². The first-order valence-corrected chi connectivity index (χ1v) is 10.1. The van der Waals surface area contributed by atoms with Gasteiger partial charge in [-0.25, -0.2) is 0 Å². The number of carbonyl (C=O) groups excluding carboxylic acids is 3. The number of ether oxygens (including phenoxy) is 1. The van der Waals surface area contributed by atoms with Crippen molar-refractivity contribution < 1.29 is 32.3 Å². The molecule has 30 heavy (non-hydrogen) atoms. The fourth-order valence-corrected chi connectivity index (χ4v) is 4.13. The number of amides is 1. The molecule has 0 saturated carbocycles. The monoisotopic (exact) mass is 440 g/mol. The summed E-state index contributed by atoms with van der Waals surface area (Å²) in [7, 11) is 0. The minimum atomic E-state index is -4.48. The van der Waals surface area contributed by atoms with Crippen molar-refractivity contribution in [2.24, 2.45) is 0 Å². The molecule has 2 aromatic rings. The molecule has 1 fully saturated rings. The van der Waals surface area contributed by atoms with Gasteiger partial charge in [0.25, 0.3) is 0 Å². The van der Waals surface area contributed by atoms with Gasteiger partial charge in [-0.2, -0.15) is 13.2 Å². The molecule has 0 spiro atoms. The number of esters is 1. The van der Waals surface area contributed by atoms with Gasteiger partial charge in [0.2, 0.25) is 11.7 Å². The number of hydrogen-bond acceptors (Lipinski definition) is 5. The molecule has 10 heteroatoms. The molecule has 0 unspecified atom stereocenters. The number of aryl methyl sites for hydroxylation is 1. The number of aromatic nitrogens is 1. The van der Waals surface area contributed by atoms with Crippen LogP contribution >= 0.6 is 11.8 Å². The number of halogens is 3. The Morgan fingerprint density at radius 1 is 1.20 bits per heavy atom. The van der Waals surface area contributed by atoms with Gasteiger partial charge in [0.05, 0.1) is 17.2 Å². The highest BCUT2D eigenvalue weighted by Crippen LogP contribution is 2.31. The lowest BCUT2D eigenvalue weighted by atomic mass is 10.1. The van der Waals surface area contributed by atoms with E-state index < -0.39 is 30.1 Å². The molecule has 0 bridgehead atoms. The number of hydrogen-bond donors (Lipinski definition) is 0. The molecule has 1 aromatic heterocycles. The molecule has 1 aliphatic heterocycles. The fourth-order valence-electron chi connectivity index (χ4n) is 3.23. The summed E-state index contributed by atoms with van der Waals surface area (Å²) in [5.74, 6) is -0.607. The minimum absolute atomic E-state index is 0.159. The molecule has 1 saturated heterocycles. The standard InChI is InChI=1S/C20H19F3N2O4S/c1-12-6-16(17(26)9-29-19(28)8-24-11-30-10-18(24)27)13(2)25(12)15-5-3-4-14(7-15)20(21,22)23/h3-7H,8-11H2,1-2H3. The van der Waals surface area contributed by atoms with Crippen LogP contribution in [0.5, 0.6) is 0 Å². The number of benzene rings is 1. The number of carbonyl (C=O) groups is 3. The molecule has 3 rings (SSSR count). The van der Waals surface area contributed by atoms with Crippen molar-refractivity contribution in [2.75, 3.05) is 24.8 Å². The van der Waals surface area contributed by atoms with Gasteiger partial charge in [0.1, 0.15) is 6.54 Å². The highest BCUT2D eigenvalue weighted by atomic mass is 32.2. The summed E-state index contributed by atoms with van der Waals surface area (Å²) in [5, 5.41) is 0.